The lowest BCUT2D eigenvalue weighted by Gasteiger charge is -2.25. The Balaban J connectivity index is 1.07. The molecule has 0 aliphatic rings. The zero-order chi connectivity index (χ0) is 35.8. The minimum Gasteiger partial charge on any atom is -0.455 e. The maximum absolute atomic E-state index is 6.81. The quantitative estimate of drug-likeness (QED) is 0.166. The van der Waals surface area contributed by atoms with Crippen molar-refractivity contribution >= 4 is 49.8 Å². The molecule has 1 heterocycles. The van der Waals surface area contributed by atoms with E-state index in [1.807, 2.05) is 0 Å². The van der Waals surface area contributed by atoms with Crippen molar-refractivity contribution in [2.45, 2.75) is 0 Å². The van der Waals surface area contributed by atoms with Crippen LogP contribution >= 0.6 is 0 Å². The molecule has 0 aliphatic heterocycles. The van der Waals surface area contributed by atoms with Crippen LogP contribution in [-0.2, 0) is 0 Å². The molecule has 9 aromatic carbocycles. The molecular weight excluding hydrogens is 655 g/mol. The molecule has 2 nitrogen and oxygen atoms in total. The smallest absolute Gasteiger partial charge is 0.143 e. The van der Waals surface area contributed by atoms with Crippen molar-refractivity contribution in [1.82, 2.24) is 0 Å². The molecular formula is C52H35NO. The van der Waals surface area contributed by atoms with Gasteiger partial charge in [0.05, 0.1) is 0 Å². The van der Waals surface area contributed by atoms with E-state index < -0.39 is 0 Å². The molecule has 1 aromatic heterocycles. The number of anilines is 3. The zero-order valence-electron chi connectivity index (χ0n) is 29.6. The maximum Gasteiger partial charge on any atom is 0.143 e. The molecule has 0 fully saturated rings. The Hall–Kier alpha value is -7.16. The van der Waals surface area contributed by atoms with Gasteiger partial charge in [0.15, 0.2) is 0 Å². The Morgan fingerprint density at radius 1 is 0.296 bits per heavy atom. The van der Waals surface area contributed by atoms with Gasteiger partial charge < -0.3 is 9.32 Å². The largest absolute Gasteiger partial charge is 0.455 e. The highest BCUT2D eigenvalue weighted by Gasteiger charge is 2.19. The minimum absolute atomic E-state index is 0.868. The summed E-state index contributed by atoms with van der Waals surface area (Å²) in [6.07, 6.45) is 0. The first kappa shape index (κ1) is 31.6. The average molecular weight is 690 g/mol. The molecule has 10 rings (SSSR count). The van der Waals surface area contributed by atoms with E-state index in [0.717, 1.165) is 50.1 Å². The molecule has 0 atom stereocenters. The first-order valence-corrected chi connectivity index (χ1v) is 18.4. The van der Waals surface area contributed by atoms with Gasteiger partial charge >= 0.3 is 0 Å². The third kappa shape index (κ3) is 5.71. The number of rotatable bonds is 7. The van der Waals surface area contributed by atoms with Gasteiger partial charge in [-0.1, -0.05) is 164 Å². The molecule has 0 unspecified atom stereocenters. The van der Waals surface area contributed by atoms with Crippen molar-refractivity contribution in [3.05, 3.63) is 212 Å². The molecule has 254 valence electrons. The Labute approximate surface area is 314 Å². The van der Waals surface area contributed by atoms with Gasteiger partial charge in [0.1, 0.15) is 11.2 Å². The van der Waals surface area contributed by atoms with Crippen LogP contribution in [0, 0.1) is 0 Å². The normalized spacial score (nSPS) is 11.3. The highest BCUT2D eigenvalue weighted by molar-refractivity contribution is 6.18. The van der Waals surface area contributed by atoms with E-state index in [1.165, 1.54) is 44.2 Å². The van der Waals surface area contributed by atoms with Crippen molar-refractivity contribution in [2.24, 2.45) is 0 Å². The molecule has 10 aromatic rings. The Morgan fingerprint density at radius 2 is 0.741 bits per heavy atom. The van der Waals surface area contributed by atoms with Gasteiger partial charge in [-0.2, -0.15) is 0 Å². The van der Waals surface area contributed by atoms with Crippen molar-refractivity contribution in [2.75, 3.05) is 4.90 Å². The lowest BCUT2D eigenvalue weighted by atomic mass is 9.93. The highest BCUT2D eigenvalue weighted by Crippen LogP contribution is 2.44. The summed E-state index contributed by atoms with van der Waals surface area (Å²) in [5.41, 5.74) is 14.5. The number of para-hydroxylation sites is 1. The Bertz CT molecular complexity index is 2880. The second kappa shape index (κ2) is 13.4. The second-order valence-corrected chi connectivity index (χ2v) is 13.7. The molecule has 54 heavy (non-hydrogen) atoms. The second-order valence-electron chi connectivity index (χ2n) is 13.7. The van der Waals surface area contributed by atoms with E-state index in [4.69, 9.17) is 4.42 Å². The van der Waals surface area contributed by atoms with Gasteiger partial charge in [-0.15, -0.1) is 0 Å². The third-order valence-corrected chi connectivity index (χ3v) is 10.5. The zero-order valence-corrected chi connectivity index (χ0v) is 29.6. The number of furan rings is 1. The summed E-state index contributed by atoms with van der Waals surface area (Å²) in [6.45, 7) is 0. The van der Waals surface area contributed by atoms with Crippen molar-refractivity contribution in [3.63, 3.8) is 0 Å². The Kier molecular flexibility index (Phi) is 7.85. The van der Waals surface area contributed by atoms with E-state index in [9.17, 15) is 0 Å². The standard InChI is InChI=1S/C52H35NO/c1-4-12-36(13-5-1)38-20-22-39(23-21-38)40-24-26-42(27-25-40)51-47-19-11-10-16-43(47)34-49-48-35-46(32-33-50(48)54-52(49)51)53(44-17-8-3-9-18-44)45-30-28-41(29-31-45)37-14-6-2-7-15-37/h1-35H. The van der Waals surface area contributed by atoms with Gasteiger partial charge in [-0.25, -0.2) is 0 Å². The minimum atomic E-state index is 0.868. The van der Waals surface area contributed by atoms with E-state index in [1.54, 1.807) is 0 Å². The number of nitrogens with zero attached hydrogens (tertiary/aromatic N) is 1. The summed E-state index contributed by atoms with van der Waals surface area (Å²) in [7, 11) is 0. The number of hydrogen-bond donors (Lipinski definition) is 0. The van der Waals surface area contributed by atoms with Crippen LogP contribution in [0.25, 0.3) is 77.2 Å². The van der Waals surface area contributed by atoms with Crippen molar-refractivity contribution in [1.29, 1.82) is 0 Å². The average Bonchev–Trinajstić information content (AvgIpc) is 3.61. The summed E-state index contributed by atoms with van der Waals surface area (Å²) < 4.78 is 6.81. The fraction of sp³-hybridized carbons (Fsp3) is 0. The molecule has 0 aliphatic carbocycles. The lowest BCUT2D eigenvalue weighted by molar-refractivity contribution is 0.670. The molecule has 0 radical (unpaired) electrons. The monoisotopic (exact) mass is 689 g/mol. The van der Waals surface area contributed by atoms with E-state index in [2.05, 4.69) is 217 Å². The number of benzene rings is 9. The van der Waals surface area contributed by atoms with Crippen LogP contribution in [0.15, 0.2) is 217 Å². The highest BCUT2D eigenvalue weighted by atomic mass is 16.3. The van der Waals surface area contributed by atoms with Crippen LogP contribution in [-0.4, -0.2) is 0 Å². The molecule has 0 amide bonds. The first-order chi connectivity index (χ1) is 26.8. The molecule has 0 saturated carbocycles. The van der Waals surface area contributed by atoms with E-state index in [-0.39, 0.29) is 0 Å². The summed E-state index contributed by atoms with van der Waals surface area (Å²) >= 11 is 0. The molecule has 0 saturated heterocycles. The van der Waals surface area contributed by atoms with Gasteiger partial charge in [0, 0.05) is 33.4 Å². The fourth-order valence-electron chi connectivity index (χ4n) is 7.76. The van der Waals surface area contributed by atoms with Crippen LogP contribution in [0.2, 0.25) is 0 Å². The van der Waals surface area contributed by atoms with E-state index in [0.29, 0.717) is 0 Å². The number of fused-ring (bicyclic) bond motifs is 4. The van der Waals surface area contributed by atoms with Gasteiger partial charge in [0.2, 0.25) is 0 Å². The summed E-state index contributed by atoms with van der Waals surface area (Å²) in [5, 5.41) is 4.55. The predicted molar refractivity (Wildman–Crippen MR) is 228 cm³/mol. The van der Waals surface area contributed by atoms with Gasteiger partial charge in [0.25, 0.3) is 0 Å². The van der Waals surface area contributed by atoms with Crippen LogP contribution in [0.1, 0.15) is 0 Å². The van der Waals surface area contributed by atoms with Gasteiger partial charge in [-0.05, 0) is 98.2 Å². The topological polar surface area (TPSA) is 16.4 Å². The summed E-state index contributed by atoms with van der Waals surface area (Å²) in [4.78, 5) is 2.32. The molecule has 0 bridgehead atoms. The fourth-order valence-corrected chi connectivity index (χ4v) is 7.76. The molecule has 2 heteroatoms. The van der Waals surface area contributed by atoms with Crippen LogP contribution < -0.4 is 4.90 Å². The van der Waals surface area contributed by atoms with Crippen LogP contribution in [0.3, 0.4) is 0 Å². The Morgan fingerprint density at radius 3 is 1.33 bits per heavy atom. The SMILES string of the molecule is c1ccc(-c2ccc(-c3ccc(-c4c5ccccc5cc5c4oc4ccc(N(c6ccccc6)c6ccc(-c7ccccc7)cc6)cc45)cc3)cc2)cc1. The number of hydrogen-bond acceptors (Lipinski definition) is 2. The van der Waals surface area contributed by atoms with Crippen LogP contribution in [0.5, 0.6) is 0 Å². The van der Waals surface area contributed by atoms with Crippen molar-refractivity contribution in [3.8, 4) is 44.5 Å². The van der Waals surface area contributed by atoms with Crippen molar-refractivity contribution < 1.29 is 4.42 Å². The summed E-state index contributed by atoms with van der Waals surface area (Å²) in [6, 6.07) is 75.7. The van der Waals surface area contributed by atoms with Crippen LogP contribution in [0.4, 0.5) is 17.1 Å². The van der Waals surface area contributed by atoms with E-state index >= 15 is 0 Å². The maximum atomic E-state index is 6.81. The third-order valence-electron chi connectivity index (χ3n) is 10.5. The predicted octanol–water partition coefficient (Wildman–Crippen LogP) is 14.9. The van der Waals surface area contributed by atoms with Gasteiger partial charge in [-0.3, -0.25) is 0 Å². The summed E-state index contributed by atoms with van der Waals surface area (Å²) in [5.74, 6) is 0. The molecule has 0 N–H and O–H groups in total. The lowest BCUT2D eigenvalue weighted by Crippen LogP contribution is -2.09. The first-order valence-electron chi connectivity index (χ1n) is 18.4. The molecule has 0 spiro atoms.